The van der Waals surface area contributed by atoms with Crippen molar-refractivity contribution >= 4 is 35.0 Å². The average Bonchev–Trinajstić information content (AvgIpc) is 3.68. The molecule has 2 atom stereocenters. The third kappa shape index (κ3) is 11.7. The van der Waals surface area contributed by atoms with Crippen LogP contribution in [0.3, 0.4) is 0 Å². The van der Waals surface area contributed by atoms with Crippen LogP contribution in [0.5, 0.6) is 0 Å². The predicted molar refractivity (Wildman–Crippen MR) is 202 cm³/mol. The Hall–Kier alpha value is -4.10. The molecule has 2 fully saturated rings. The molecule has 4 aromatic carbocycles. The lowest BCUT2D eigenvalue weighted by Gasteiger charge is -2.31. The number of rotatable bonds is 10. The predicted octanol–water partition coefficient (Wildman–Crippen LogP) is 10.2. The molecule has 6 nitrogen and oxygen atoms in total. The van der Waals surface area contributed by atoms with E-state index in [1.807, 2.05) is 60.7 Å². The van der Waals surface area contributed by atoms with Gasteiger partial charge in [0.15, 0.2) is 0 Å². The first-order chi connectivity index (χ1) is 26.2. The van der Waals surface area contributed by atoms with E-state index in [1.165, 1.54) is 30.7 Å². The first-order valence-corrected chi connectivity index (χ1v) is 18.9. The van der Waals surface area contributed by atoms with Crippen LogP contribution in [0.1, 0.15) is 87.2 Å². The molecule has 0 saturated carbocycles. The smallest absolute Gasteiger partial charge is 0.344 e. The third-order valence-electron chi connectivity index (χ3n) is 9.64. The number of hydrogen-bond donors (Lipinski definition) is 2. The van der Waals surface area contributed by atoms with E-state index in [0.29, 0.717) is 13.1 Å². The zero-order chi connectivity index (χ0) is 39.6. The number of amides is 2. The van der Waals surface area contributed by atoms with Crippen molar-refractivity contribution in [3.63, 3.8) is 0 Å². The number of carbonyl (C=O) groups is 2. The van der Waals surface area contributed by atoms with Gasteiger partial charge in [0, 0.05) is 13.1 Å². The number of benzene rings is 4. The molecular weight excluding hydrogens is 765 g/mol. The first kappa shape index (κ1) is 42.1. The van der Waals surface area contributed by atoms with Crippen LogP contribution in [-0.2, 0) is 12.4 Å². The fourth-order valence-corrected chi connectivity index (χ4v) is 7.43. The third-order valence-corrected chi connectivity index (χ3v) is 10.5. The van der Waals surface area contributed by atoms with Gasteiger partial charge in [0.05, 0.1) is 44.4 Å². The maximum atomic E-state index is 13.1. The Bertz CT molecular complexity index is 1870. The van der Waals surface area contributed by atoms with Crippen molar-refractivity contribution in [1.82, 2.24) is 20.4 Å². The molecular formula is C41H42Cl2F6N4O2. The minimum absolute atomic E-state index is 0.170. The van der Waals surface area contributed by atoms with Gasteiger partial charge in [-0.3, -0.25) is 9.59 Å². The summed E-state index contributed by atoms with van der Waals surface area (Å²) in [5.74, 6) is -1.22. The maximum Gasteiger partial charge on any atom is 0.417 e. The van der Waals surface area contributed by atoms with Gasteiger partial charge in [0.1, 0.15) is 0 Å². The Morgan fingerprint density at radius 2 is 0.873 bits per heavy atom. The molecule has 2 N–H and O–H groups in total. The minimum atomic E-state index is -4.61. The van der Waals surface area contributed by atoms with E-state index < -0.39 is 45.3 Å². The second-order valence-corrected chi connectivity index (χ2v) is 14.3. The van der Waals surface area contributed by atoms with Crippen LogP contribution in [0, 0.1) is 0 Å². The van der Waals surface area contributed by atoms with Crippen LogP contribution in [0.4, 0.5) is 26.3 Å². The van der Waals surface area contributed by atoms with Crippen LogP contribution in [0.2, 0.25) is 10.0 Å². The Kier molecular flexibility index (Phi) is 14.7. The van der Waals surface area contributed by atoms with Gasteiger partial charge >= 0.3 is 12.4 Å². The standard InChI is InChI=1S/C21H22ClF3N2O.C20H20ClF3N2O/c22-19-16(10-7-11-17(19)21(23,24)25)20(28)26-18(15-8-3-1-4-9-15)14-27-12-5-2-6-13-27;21-18-15(9-6-10-16(18)20(22,23)24)19(27)25-17(13-26-11-4-5-12-26)14-7-2-1-3-8-14/h1,3-4,7-11,18H,2,5-6,12-14H2,(H,26,28);1-3,6-10,17H,4-5,11-13H2,(H,25,27)/t18-;17-/m11/s1. The first-order valence-electron chi connectivity index (χ1n) is 18.1. The number of nitrogens with one attached hydrogen (secondary N) is 2. The van der Waals surface area contributed by atoms with Crippen molar-refractivity contribution in [2.45, 2.75) is 56.5 Å². The summed E-state index contributed by atoms with van der Waals surface area (Å²) in [7, 11) is 0. The lowest BCUT2D eigenvalue weighted by atomic mass is 10.0. The van der Waals surface area contributed by atoms with Gasteiger partial charge < -0.3 is 20.4 Å². The Morgan fingerprint density at radius 1 is 0.527 bits per heavy atom. The minimum Gasteiger partial charge on any atom is -0.344 e. The Labute approximate surface area is 326 Å². The summed E-state index contributed by atoms with van der Waals surface area (Å²) in [5, 5.41) is 4.60. The average molecular weight is 808 g/mol. The fourth-order valence-electron chi connectivity index (χ4n) is 6.79. The lowest BCUT2D eigenvalue weighted by molar-refractivity contribution is -0.138. The monoisotopic (exact) mass is 806 g/mol. The zero-order valence-electron chi connectivity index (χ0n) is 29.9. The highest BCUT2D eigenvalue weighted by molar-refractivity contribution is 6.35. The van der Waals surface area contributed by atoms with Gasteiger partial charge in [0.2, 0.25) is 0 Å². The van der Waals surface area contributed by atoms with E-state index >= 15 is 0 Å². The number of carbonyl (C=O) groups excluding carboxylic acids is 2. The van der Waals surface area contributed by atoms with Crippen molar-refractivity contribution < 1.29 is 35.9 Å². The molecule has 0 radical (unpaired) electrons. The molecule has 294 valence electrons. The molecule has 14 heteroatoms. The highest BCUT2D eigenvalue weighted by Gasteiger charge is 2.36. The van der Waals surface area contributed by atoms with Crippen molar-refractivity contribution in [1.29, 1.82) is 0 Å². The highest BCUT2D eigenvalue weighted by atomic mass is 35.5. The molecule has 0 aromatic heterocycles. The van der Waals surface area contributed by atoms with Crippen molar-refractivity contribution in [3.05, 3.63) is 140 Å². The molecule has 0 unspecified atom stereocenters. The van der Waals surface area contributed by atoms with Gasteiger partial charge in [-0.25, -0.2) is 0 Å². The van der Waals surface area contributed by atoms with Gasteiger partial charge in [-0.2, -0.15) is 26.3 Å². The van der Waals surface area contributed by atoms with E-state index in [0.717, 1.165) is 75.1 Å². The van der Waals surface area contributed by atoms with E-state index in [1.54, 1.807) is 0 Å². The summed E-state index contributed by atoms with van der Waals surface area (Å²) in [6.07, 6.45) is -3.60. The van der Waals surface area contributed by atoms with Gasteiger partial charge in [-0.15, -0.1) is 0 Å². The zero-order valence-corrected chi connectivity index (χ0v) is 31.4. The van der Waals surface area contributed by atoms with E-state index in [-0.39, 0.29) is 23.2 Å². The molecule has 0 aliphatic carbocycles. The molecule has 0 spiro atoms. The van der Waals surface area contributed by atoms with E-state index in [2.05, 4.69) is 20.4 Å². The van der Waals surface area contributed by atoms with Crippen LogP contribution in [0.15, 0.2) is 97.1 Å². The number of hydrogen-bond acceptors (Lipinski definition) is 4. The summed E-state index contributed by atoms with van der Waals surface area (Å²) in [6.45, 7) is 5.00. The topological polar surface area (TPSA) is 64.7 Å². The number of halogens is 8. The van der Waals surface area contributed by atoms with Crippen molar-refractivity contribution in [3.8, 4) is 0 Å². The molecule has 2 aliphatic heterocycles. The molecule has 4 aromatic rings. The molecule has 55 heavy (non-hydrogen) atoms. The second-order valence-electron chi connectivity index (χ2n) is 13.6. The molecule has 0 bridgehead atoms. The second kappa shape index (κ2) is 19.2. The molecule has 2 heterocycles. The Balaban J connectivity index is 0.000000211. The molecule has 6 rings (SSSR count). The summed E-state index contributed by atoms with van der Waals surface area (Å²) < 4.78 is 78.5. The molecule has 2 amide bonds. The number of likely N-dealkylation sites (tertiary alicyclic amines) is 2. The summed E-state index contributed by atoms with van der Waals surface area (Å²) in [5.41, 5.74) is -0.544. The number of nitrogens with zero attached hydrogens (tertiary/aromatic N) is 2. The van der Waals surface area contributed by atoms with Crippen LogP contribution >= 0.6 is 23.2 Å². The van der Waals surface area contributed by atoms with Crippen LogP contribution in [-0.4, -0.2) is 60.9 Å². The normalized spacial score (nSPS) is 16.4. The van der Waals surface area contributed by atoms with Gasteiger partial charge in [0.25, 0.3) is 11.8 Å². The highest BCUT2D eigenvalue weighted by Crippen LogP contribution is 2.37. The summed E-state index contributed by atoms with van der Waals surface area (Å²) in [4.78, 5) is 30.0. The number of alkyl halides is 6. The SMILES string of the molecule is O=C(N[C@H](CN1CCCC1)c1ccccc1)c1cccc(C(F)(F)F)c1Cl.O=C(N[C@H](CN1CCCCC1)c1ccccc1)c1cccc(C(F)(F)F)c1Cl. The van der Waals surface area contributed by atoms with E-state index in [4.69, 9.17) is 23.2 Å². The largest absolute Gasteiger partial charge is 0.417 e. The molecule has 2 saturated heterocycles. The summed E-state index contributed by atoms with van der Waals surface area (Å²) in [6, 6.07) is 25.0. The van der Waals surface area contributed by atoms with Gasteiger partial charge in [-0.05, 0) is 87.3 Å². The Morgan fingerprint density at radius 3 is 1.22 bits per heavy atom. The quantitative estimate of drug-likeness (QED) is 0.157. The van der Waals surface area contributed by atoms with Crippen molar-refractivity contribution in [2.75, 3.05) is 39.3 Å². The van der Waals surface area contributed by atoms with Crippen molar-refractivity contribution in [2.24, 2.45) is 0 Å². The van der Waals surface area contributed by atoms with E-state index in [9.17, 15) is 35.9 Å². The molecule has 2 aliphatic rings. The van der Waals surface area contributed by atoms with Crippen LogP contribution in [0.25, 0.3) is 0 Å². The number of piperidine rings is 1. The fraction of sp³-hybridized carbons (Fsp3) is 0.366. The van der Waals surface area contributed by atoms with Crippen LogP contribution < -0.4 is 10.6 Å². The maximum absolute atomic E-state index is 13.1. The van der Waals surface area contributed by atoms with Gasteiger partial charge in [-0.1, -0.05) is 102 Å². The summed E-state index contributed by atoms with van der Waals surface area (Å²) >= 11 is 11.8. The lowest BCUT2D eigenvalue weighted by Crippen LogP contribution is -2.40.